The van der Waals surface area contributed by atoms with Gasteiger partial charge >= 0.3 is 5.97 Å². The fourth-order valence-corrected chi connectivity index (χ4v) is 4.43. The summed E-state index contributed by atoms with van der Waals surface area (Å²) in [4.78, 5) is 27.0. The number of rotatable bonds is 3. The Labute approximate surface area is 163 Å². The van der Waals surface area contributed by atoms with Crippen LogP contribution in [-0.2, 0) is 35.3 Å². The molecule has 0 unspecified atom stereocenters. The van der Waals surface area contributed by atoms with Crippen molar-refractivity contribution in [1.29, 1.82) is 0 Å². The van der Waals surface area contributed by atoms with Crippen LogP contribution in [0.15, 0.2) is 54.6 Å². The molecule has 3 aromatic carbocycles. The number of carbonyl (C=O) groups excluding carboxylic acids is 2. The molecule has 3 aromatic rings. The van der Waals surface area contributed by atoms with Crippen LogP contribution in [0.3, 0.4) is 0 Å². The summed E-state index contributed by atoms with van der Waals surface area (Å²) in [6, 6.07) is 18.1. The van der Waals surface area contributed by atoms with E-state index in [1.165, 1.54) is 27.6 Å². The fraction of sp³-hybridized carbons (Fsp3) is 0.250. The van der Waals surface area contributed by atoms with E-state index in [1.54, 1.807) is 4.90 Å². The van der Waals surface area contributed by atoms with Crippen LogP contribution in [0.25, 0.3) is 10.8 Å². The molecule has 0 fully saturated rings. The van der Waals surface area contributed by atoms with E-state index in [0.717, 1.165) is 24.6 Å². The van der Waals surface area contributed by atoms with Crippen molar-refractivity contribution in [1.82, 2.24) is 4.90 Å². The molecule has 4 nitrogen and oxygen atoms in total. The number of carbonyl (C=O) groups is 2. The lowest BCUT2D eigenvalue weighted by atomic mass is 10.00. The number of esters is 1. The van der Waals surface area contributed by atoms with Gasteiger partial charge in [-0.25, -0.2) is 4.79 Å². The molecule has 1 aliphatic carbocycles. The molecule has 5 rings (SSSR count). The van der Waals surface area contributed by atoms with E-state index in [2.05, 4.69) is 12.1 Å². The van der Waals surface area contributed by atoms with Crippen LogP contribution in [-0.4, -0.2) is 29.9 Å². The van der Waals surface area contributed by atoms with Crippen LogP contribution >= 0.6 is 0 Å². The summed E-state index contributed by atoms with van der Waals surface area (Å²) in [7, 11) is 0. The van der Waals surface area contributed by atoms with Crippen molar-refractivity contribution in [3.8, 4) is 0 Å². The second kappa shape index (κ2) is 6.79. The second-order valence-electron chi connectivity index (χ2n) is 7.52. The van der Waals surface area contributed by atoms with E-state index in [1.807, 2.05) is 42.5 Å². The standard InChI is InChI=1S/C24H21NO3/c26-22(25-13-12-16-4-1-2-5-19(16)14-25)15-28-24(27)21-11-10-18-9-8-17-6-3-7-20(21)23(17)18/h1-7,10-11H,8-9,12-15H2. The topological polar surface area (TPSA) is 46.6 Å². The zero-order valence-electron chi connectivity index (χ0n) is 15.6. The number of aryl methyl sites for hydroxylation is 2. The predicted molar refractivity (Wildman–Crippen MR) is 107 cm³/mol. The molecule has 0 N–H and O–H groups in total. The first-order chi connectivity index (χ1) is 13.7. The number of hydrogen-bond donors (Lipinski definition) is 0. The molecule has 140 valence electrons. The average Bonchev–Trinajstić information content (AvgIpc) is 3.16. The minimum atomic E-state index is -0.429. The molecule has 0 radical (unpaired) electrons. The Bertz CT molecular complexity index is 1090. The minimum absolute atomic E-state index is 0.145. The van der Waals surface area contributed by atoms with Gasteiger partial charge in [-0.15, -0.1) is 0 Å². The Morgan fingerprint density at radius 1 is 0.821 bits per heavy atom. The van der Waals surface area contributed by atoms with E-state index in [4.69, 9.17) is 4.74 Å². The van der Waals surface area contributed by atoms with E-state index in [0.29, 0.717) is 18.7 Å². The lowest BCUT2D eigenvalue weighted by Crippen LogP contribution is -2.38. The first-order valence-electron chi connectivity index (χ1n) is 9.76. The van der Waals surface area contributed by atoms with Gasteiger partial charge in [0.05, 0.1) is 5.56 Å². The number of hydrogen-bond acceptors (Lipinski definition) is 3. The van der Waals surface area contributed by atoms with Gasteiger partial charge in [-0.3, -0.25) is 4.79 Å². The average molecular weight is 371 g/mol. The van der Waals surface area contributed by atoms with Gasteiger partial charge in [0.2, 0.25) is 0 Å². The van der Waals surface area contributed by atoms with Crippen LogP contribution in [0.4, 0.5) is 0 Å². The highest BCUT2D eigenvalue weighted by Gasteiger charge is 2.23. The Morgan fingerprint density at radius 2 is 1.57 bits per heavy atom. The number of amides is 1. The summed E-state index contributed by atoms with van der Waals surface area (Å²) in [5.41, 5.74) is 5.56. The Morgan fingerprint density at radius 3 is 2.43 bits per heavy atom. The quantitative estimate of drug-likeness (QED) is 0.660. The molecule has 0 spiro atoms. The van der Waals surface area contributed by atoms with Crippen LogP contribution in [0.2, 0.25) is 0 Å². The molecular formula is C24H21NO3. The van der Waals surface area contributed by atoms with Crippen LogP contribution in [0.1, 0.15) is 32.6 Å². The van der Waals surface area contributed by atoms with Crippen molar-refractivity contribution >= 4 is 22.6 Å². The Hall–Kier alpha value is -3.14. The summed E-state index contributed by atoms with van der Waals surface area (Å²) < 4.78 is 5.41. The number of nitrogens with zero attached hydrogens (tertiary/aromatic N) is 1. The third-order valence-corrected chi connectivity index (χ3v) is 5.91. The highest BCUT2D eigenvalue weighted by atomic mass is 16.5. The lowest BCUT2D eigenvalue weighted by Gasteiger charge is -2.28. The highest BCUT2D eigenvalue weighted by Crippen LogP contribution is 2.33. The minimum Gasteiger partial charge on any atom is -0.452 e. The molecule has 1 aliphatic heterocycles. The van der Waals surface area contributed by atoms with Crippen molar-refractivity contribution in [2.75, 3.05) is 13.2 Å². The zero-order chi connectivity index (χ0) is 19.1. The molecule has 4 heteroatoms. The molecule has 0 bridgehead atoms. The number of fused-ring (bicyclic) bond motifs is 1. The largest absolute Gasteiger partial charge is 0.452 e. The van der Waals surface area contributed by atoms with Gasteiger partial charge in [0.1, 0.15) is 0 Å². The summed E-state index contributed by atoms with van der Waals surface area (Å²) in [5.74, 6) is -0.574. The predicted octanol–water partition coefficient (Wildman–Crippen LogP) is 3.68. The molecule has 28 heavy (non-hydrogen) atoms. The van der Waals surface area contributed by atoms with Crippen LogP contribution in [0, 0.1) is 0 Å². The van der Waals surface area contributed by atoms with Gasteiger partial charge in [0.15, 0.2) is 6.61 Å². The van der Waals surface area contributed by atoms with Crippen molar-refractivity contribution < 1.29 is 14.3 Å². The van der Waals surface area contributed by atoms with Crippen LogP contribution in [0.5, 0.6) is 0 Å². The van der Waals surface area contributed by atoms with E-state index in [9.17, 15) is 9.59 Å². The van der Waals surface area contributed by atoms with E-state index < -0.39 is 5.97 Å². The lowest BCUT2D eigenvalue weighted by molar-refractivity contribution is -0.135. The first kappa shape index (κ1) is 17.0. The third kappa shape index (κ3) is 2.85. The molecule has 0 saturated heterocycles. The summed E-state index contributed by atoms with van der Waals surface area (Å²) >= 11 is 0. The zero-order valence-corrected chi connectivity index (χ0v) is 15.6. The van der Waals surface area contributed by atoms with Gasteiger partial charge in [0, 0.05) is 13.1 Å². The highest BCUT2D eigenvalue weighted by molar-refractivity contribution is 6.07. The molecule has 1 heterocycles. The molecule has 0 atom stereocenters. The summed E-state index contributed by atoms with van der Waals surface area (Å²) in [6.45, 7) is 1.02. The Kier molecular flexibility index (Phi) is 4.12. The number of benzene rings is 3. The summed E-state index contributed by atoms with van der Waals surface area (Å²) in [5, 5.41) is 2.10. The molecular weight excluding hydrogens is 350 g/mol. The van der Waals surface area contributed by atoms with Gasteiger partial charge in [-0.05, 0) is 58.4 Å². The molecule has 0 saturated carbocycles. The fourth-order valence-electron chi connectivity index (χ4n) is 4.43. The maximum absolute atomic E-state index is 12.7. The molecule has 1 amide bonds. The summed E-state index contributed by atoms with van der Waals surface area (Å²) in [6.07, 6.45) is 2.87. The van der Waals surface area contributed by atoms with Gasteiger partial charge in [0.25, 0.3) is 5.91 Å². The second-order valence-corrected chi connectivity index (χ2v) is 7.52. The maximum atomic E-state index is 12.7. The third-order valence-electron chi connectivity index (χ3n) is 5.91. The van der Waals surface area contributed by atoms with Crippen molar-refractivity contribution in [2.24, 2.45) is 0 Å². The monoisotopic (exact) mass is 371 g/mol. The van der Waals surface area contributed by atoms with Crippen LogP contribution < -0.4 is 0 Å². The molecule has 0 aromatic heterocycles. The first-order valence-corrected chi connectivity index (χ1v) is 9.76. The SMILES string of the molecule is O=C(OCC(=O)N1CCc2ccccc2C1)c1ccc2c3c(cccc13)CC2. The van der Waals surface area contributed by atoms with Crippen molar-refractivity contribution in [3.63, 3.8) is 0 Å². The van der Waals surface area contributed by atoms with Crippen molar-refractivity contribution in [2.45, 2.75) is 25.8 Å². The van der Waals surface area contributed by atoms with E-state index in [-0.39, 0.29) is 12.5 Å². The van der Waals surface area contributed by atoms with Gasteiger partial charge in [-0.2, -0.15) is 0 Å². The normalized spacial score (nSPS) is 14.8. The molecule has 2 aliphatic rings. The smallest absolute Gasteiger partial charge is 0.339 e. The van der Waals surface area contributed by atoms with Gasteiger partial charge in [-0.1, -0.05) is 48.5 Å². The van der Waals surface area contributed by atoms with E-state index >= 15 is 0 Å². The Balaban J connectivity index is 1.30. The van der Waals surface area contributed by atoms with Crippen molar-refractivity contribution in [3.05, 3.63) is 82.4 Å². The maximum Gasteiger partial charge on any atom is 0.339 e. The number of ether oxygens (including phenoxy) is 1. The van der Waals surface area contributed by atoms with Gasteiger partial charge < -0.3 is 9.64 Å².